The van der Waals surface area contributed by atoms with E-state index in [1.165, 1.54) is 12.4 Å². The number of nitro groups is 1. The largest absolute Gasteiger partial charge is 0.457 e. The summed E-state index contributed by atoms with van der Waals surface area (Å²) in [5.41, 5.74) is -0.0184. The molecular weight excluding hydrogens is 267 g/mol. The average molecular weight is 274 g/mol. The van der Waals surface area contributed by atoms with Crippen LogP contribution in [-0.2, 0) is 0 Å². The van der Waals surface area contributed by atoms with Crippen LogP contribution in [0.4, 0.5) is 10.1 Å². The van der Waals surface area contributed by atoms with Crippen molar-refractivity contribution in [3.8, 4) is 11.5 Å². The normalized spacial score (nSPS) is 10.7. The van der Waals surface area contributed by atoms with Crippen LogP contribution in [0.2, 0.25) is 0 Å². The maximum absolute atomic E-state index is 13.5. The standard InChI is InChI=1S/C12H7FN4O3/c13-10-5-8(1-2-11(10)17(18)19)20-9-3-4-16-12(6-9)14-7-15-16/h1-7H. The minimum Gasteiger partial charge on any atom is -0.457 e. The summed E-state index contributed by atoms with van der Waals surface area (Å²) in [6, 6.07) is 6.59. The lowest BCUT2D eigenvalue weighted by molar-refractivity contribution is -0.387. The van der Waals surface area contributed by atoms with Crippen molar-refractivity contribution in [2.75, 3.05) is 0 Å². The lowest BCUT2D eigenvalue weighted by Gasteiger charge is -2.05. The predicted molar refractivity (Wildman–Crippen MR) is 66.1 cm³/mol. The van der Waals surface area contributed by atoms with Crippen LogP contribution in [0.5, 0.6) is 11.5 Å². The number of aromatic nitrogens is 3. The molecule has 0 atom stereocenters. The molecule has 0 radical (unpaired) electrons. The van der Waals surface area contributed by atoms with Gasteiger partial charge in [-0.2, -0.15) is 9.49 Å². The third kappa shape index (κ3) is 2.14. The van der Waals surface area contributed by atoms with Gasteiger partial charge in [-0.25, -0.2) is 9.50 Å². The van der Waals surface area contributed by atoms with E-state index in [-0.39, 0.29) is 5.75 Å². The van der Waals surface area contributed by atoms with E-state index in [0.717, 1.165) is 12.1 Å². The van der Waals surface area contributed by atoms with Crippen molar-refractivity contribution >= 4 is 11.3 Å². The molecule has 0 aliphatic carbocycles. The molecule has 0 bridgehead atoms. The summed E-state index contributed by atoms with van der Waals surface area (Å²) in [6.45, 7) is 0. The quantitative estimate of drug-likeness (QED) is 0.541. The first-order valence-corrected chi connectivity index (χ1v) is 5.55. The van der Waals surface area contributed by atoms with Gasteiger partial charge in [0.25, 0.3) is 0 Å². The number of nitro benzene ring substituents is 1. The summed E-state index contributed by atoms with van der Waals surface area (Å²) in [5, 5.41) is 14.4. The molecule has 0 spiro atoms. The lowest BCUT2D eigenvalue weighted by Crippen LogP contribution is -1.94. The van der Waals surface area contributed by atoms with Gasteiger partial charge in [0, 0.05) is 24.4 Å². The number of nitrogens with zero attached hydrogens (tertiary/aromatic N) is 4. The molecule has 100 valence electrons. The topological polar surface area (TPSA) is 82.6 Å². The molecule has 0 aliphatic rings. The molecule has 0 aliphatic heterocycles. The predicted octanol–water partition coefficient (Wildman–Crippen LogP) is 2.57. The number of rotatable bonds is 3. The molecule has 0 amide bonds. The Balaban J connectivity index is 1.90. The molecule has 20 heavy (non-hydrogen) atoms. The first-order valence-electron chi connectivity index (χ1n) is 5.55. The third-order valence-corrected chi connectivity index (χ3v) is 2.60. The van der Waals surface area contributed by atoms with Gasteiger partial charge in [-0.3, -0.25) is 10.1 Å². The van der Waals surface area contributed by atoms with Crippen LogP contribution in [0.1, 0.15) is 0 Å². The number of hydrogen-bond donors (Lipinski definition) is 0. The van der Waals surface area contributed by atoms with Crippen molar-refractivity contribution < 1.29 is 14.1 Å². The zero-order chi connectivity index (χ0) is 14.1. The summed E-state index contributed by atoms with van der Waals surface area (Å²) in [5.74, 6) is -0.355. The molecule has 0 unspecified atom stereocenters. The fraction of sp³-hybridized carbons (Fsp3) is 0. The van der Waals surface area contributed by atoms with Gasteiger partial charge in [0.15, 0.2) is 5.65 Å². The van der Waals surface area contributed by atoms with Gasteiger partial charge in [0.1, 0.15) is 17.8 Å². The van der Waals surface area contributed by atoms with E-state index in [0.29, 0.717) is 11.4 Å². The van der Waals surface area contributed by atoms with Gasteiger partial charge in [0.05, 0.1) is 4.92 Å². The molecule has 3 rings (SSSR count). The summed E-state index contributed by atoms with van der Waals surface area (Å²) < 4.78 is 20.4. The van der Waals surface area contributed by atoms with E-state index in [9.17, 15) is 14.5 Å². The first-order chi connectivity index (χ1) is 9.63. The van der Waals surface area contributed by atoms with Crippen LogP contribution in [0.15, 0.2) is 42.9 Å². The maximum atomic E-state index is 13.5. The molecule has 0 saturated heterocycles. The molecule has 2 heterocycles. The van der Waals surface area contributed by atoms with Crippen molar-refractivity contribution in [3.63, 3.8) is 0 Å². The Bertz CT molecular complexity index is 802. The second-order valence-corrected chi connectivity index (χ2v) is 3.90. The van der Waals surface area contributed by atoms with Crippen LogP contribution >= 0.6 is 0 Å². The Kier molecular flexibility index (Phi) is 2.75. The number of ether oxygens (including phenoxy) is 1. The van der Waals surface area contributed by atoms with Gasteiger partial charge in [-0.1, -0.05) is 0 Å². The van der Waals surface area contributed by atoms with Crippen LogP contribution in [0, 0.1) is 15.9 Å². The van der Waals surface area contributed by atoms with E-state index >= 15 is 0 Å². The third-order valence-electron chi connectivity index (χ3n) is 2.60. The van der Waals surface area contributed by atoms with Gasteiger partial charge < -0.3 is 4.74 Å². The molecule has 3 aromatic rings. The Morgan fingerprint density at radius 1 is 1.25 bits per heavy atom. The van der Waals surface area contributed by atoms with Crippen molar-refractivity contribution in [1.29, 1.82) is 0 Å². The van der Waals surface area contributed by atoms with E-state index in [2.05, 4.69) is 10.1 Å². The highest BCUT2D eigenvalue weighted by atomic mass is 19.1. The molecule has 1 aromatic carbocycles. The van der Waals surface area contributed by atoms with Crippen molar-refractivity contribution in [2.45, 2.75) is 0 Å². The number of pyridine rings is 1. The van der Waals surface area contributed by atoms with Crippen molar-refractivity contribution in [3.05, 3.63) is 58.8 Å². The molecule has 0 saturated carbocycles. The Labute approximate surface area is 111 Å². The highest BCUT2D eigenvalue weighted by Gasteiger charge is 2.14. The van der Waals surface area contributed by atoms with Gasteiger partial charge in [0.2, 0.25) is 5.82 Å². The number of halogens is 1. The van der Waals surface area contributed by atoms with Crippen LogP contribution < -0.4 is 4.74 Å². The van der Waals surface area contributed by atoms with Crippen molar-refractivity contribution in [2.24, 2.45) is 0 Å². The van der Waals surface area contributed by atoms with E-state index in [1.807, 2.05) is 0 Å². The zero-order valence-corrected chi connectivity index (χ0v) is 9.93. The SMILES string of the molecule is O=[N+]([O-])c1ccc(Oc2ccn3ncnc3c2)cc1F. The van der Waals surface area contributed by atoms with Gasteiger partial charge in [-0.05, 0) is 12.1 Å². The number of benzene rings is 1. The molecule has 7 nitrogen and oxygen atoms in total. The Morgan fingerprint density at radius 3 is 2.80 bits per heavy atom. The molecule has 0 N–H and O–H groups in total. The summed E-state index contributed by atoms with van der Waals surface area (Å²) in [4.78, 5) is 13.7. The first kappa shape index (κ1) is 12.0. The molecular formula is C12H7FN4O3. The highest BCUT2D eigenvalue weighted by molar-refractivity contribution is 5.45. The van der Waals surface area contributed by atoms with Gasteiger partial charge >= 0.3 is 5.69 Å². The van der Waals surface area contributed by atoms with Gasteiger partial charge in [-0.15, -0.1) is 0 Å². The zero-order valence-electron chi connectivity index (χ0n) is 9.93. The summed E-state index contributed by atoms with van der Waals surface area (Å²) in [6.07, 6.45) is 3.03. The van der Waals surface area contributed by atoms with E-state index < -0.39 is 16.4 Å². The maximum Gasteiger partial charge on any atom is 0.305 e. The highest BCUT2D eigenvalue weighted by Crippen LogP contribution is 2.26. The minimum absolute atomic E-state index is 0.164. The Hall–Kier alpha value is -3.03. The second kappa shape index (κ2) is 4.57. The lowest BCUT2D eigenvalue weighted by atomic mass is 10.3. The monoisotopic (exact) mass is 274 g/mol. The van der Waals surface area contributed by atoms with E-state index in [1.54, 1.807) is 22.8 Å². The second-order valence-electron chi connectivity index (χ2n) is 3.90. The fourth-order valence-electron chi connectivity index (χ4n) is 1.70. The minimum atomic E-state index is -0.948. The molecule has 8 heteroatoms. The van der Waals surface area contributed by atoms with E-state index in [4.69, 9.17) is 4.74 Å². The van der Waals surface area contributed by atoms with Crippen LogP contribution in [-0.4, -0.2) is 19.5 Å². The number of hydrogen-bond acceptors (Lipinski definition) is 5. The van der Waals surface area contributed by atoms with Crippen molar-refractivity contribution in [1.82, 2.24) is 14.6 Å². The summed E-state index contributed by atoms with van der Waals surface area (Å²) >= 11 is 0. The molecule has 2 aromatic heterocycles. The summed E-state index contributed by atoms with van der Waals surface area (Å²) in [7, 11) is 0. The van der Waals surface area contributed by atoms with Crippen LogP contribution in [0.25, 0.3) is 5.65 Å². The number of fused-ring (bicyclic) bond motifs is 1. The van der Waals surface area contributed by atoms with Crippen LogP contribution in [0.3, 0.4) is 0 Å². The smallest absolute Gasteiger partial charge is 0.305 e. The fourth-order valence-corrected chi connectivity index (χ4v) is 1.70. The average Bonchev–Trinajstić information content (AvgIpc) is 2.85. The molecule has 0 fully saturated rings. The Morgan fingerprint density at radius 2 is 2.05 bits per heavy atom.